The number of phenols is 1. The summed E-state index contributed by atoms with van der Waals surface area (Å²) in [5, 5.41) is 48.8. The summed E-state index contributed by atoms with van der Waals surface area (Å²) in [6, 6.07) is 5.96. The van der Waals surface area contributed by atoms with E-state index in [1.165, 1.54) is 47.6 Å². The highest BCUT2D eigenvalue weighted by Gasteiger charge is 2.54. The van der Waals surface area contributed by atoms with E-state index in [2.05, 4.69) is 27.9 Å². The number of aliphatic hydroxyl groups excluding tert-OH is 4. The minimum atomic E-state index is -1.19. The maximum Gasteiger partial charge on any atom is 0.167 e. The fourth-order valence-corrected chi connectivity index (χ4v) is 7.71. The van der Waals surface area contributed by atoms with E-state index in [0.29, 0.717) is 28.7 Å². The van der Waals surface area contributed by atoms with Gasteiger partial charge in [0.1, 0.15) is 35.9 Å². The molecule has 1 unspecified atom stereocenters. The average molecular weight is 540 g/mol. The Balaban J connectivity index is 0.000000142. The molecule has 4 aliphatic rings. The number of anilines is 1. The van der Waals surface area contributed by atoms with Crippen LogP contribution in [0.1, 0.15) is 62.3 Å². The van der Waals surface area contributed by atoms with Gasteiger partial charge in [-0.25, -0.2) is 15.0 Å². The van der Waals surface area contributed by atoms with Crippen LogP contribution < -0.4 is 5.73 Å². The van der Waals surface area contributed by atoms with Crippen LogP contribution in [-0.2, 0) is 11.2 Å². The molecule has 11 nitrogen and oxygen atoms in total. The number of nitrogens with two attached hydrogens (primary N) is 1. The average Bonchev–Trinajstić information content (AvgIpc) is 3.58. The molecule has 9 atom stereocenters. The quantitative estimate of drug-likeness (QED) is 0.280. The third-order valence-corrected chi connectivity index (χ3v) is 9.84. The van der Waals surface area contributed by atoms with Crippen LogP contribution in [0.3, 0.4) is 0 Å². The van der Waals surface area contributed by atoms with Crippen molar-refractivity contribution in [3.05, 3.63) is 42.0 Å². The summed E-state index contributed by atoms with van der Waals surface area (Å²) in [5.41, 5.74) is 9.44. The van der Waals surface area contributed by atoms with Crippen molar-refractivity contribution < 1.29 is 30.3 Å². The lowest BCUT2D eigenvalue weighted by molar-refractivity contribution is -0.0511. The second-order valence-corrected chi connectivity index (χ2v) is 11.7. The van der Waals surface area contributed by atoms with Crippen molar-refractivity contribution >= 4 is 17.0 Å². The van der Waals surface area contributed by atoms with Crippen molar-refractivity contribution in [2.45, 2.75) is 82.0 Å². The van der Waals surface area contributed by atoms with Gasteiger partial charge in [0.2, 0.25) is 0 Å². The first-order chi connectivity index (χ1) is 18.7. The molecular weight excluding hydrogens is 502 g/mol. The van der Waals surface area contributed by atoms with E-state index < -0.39 is 31.1 Å². The number of hydrogen-bond donors (Lipinski definition) is 6. The minimum absolute atomic E-state index is 0.0883. The summed E-state index contributed by atoms with van der Waals surface area (Å²) >= 11 is 0. The summed E-state index contributed by atoms with van der Waals surface area (Å²) in [5.74, 6) is 2.71. The monoisotopic (exact) mass is 539 g/mol. The fourth-order valence-electron chi connectivity index (χ4n) is 7.71. The number of ether oxygens (including phenoxy) is 1. The highest BCUT2D eigenvalue weighted by Crippen LogP contribution is 2.60. The van der Waals surface area contributed by atoms with E-state index in [9.17, 15) is 20.4 Å². The number of benzene rings is 1. The number of aliphatic hydroxyl groups is 4. The molecule has 0 bridgehead atoms. The molecule has 0 amide bonds. The highest BCUT2D eigenvalue weighted by atomic mass is 16.6. The molecule has 0 spiro atoms. The molecular formula is C28H37N5O6. The number of aryl methyl sites for hydroxylation is 1. The number of nitrogen functional groups attached to an aromatic ring is 1. The Bertz CT molecular complexity index is 1350. The minimum Gasteiger partial charge on any atom is -0.508 e. The Morgan fingerprint density at radius 3 is 2.67 bits per heavy atom. The first kappa shape index (κ1) is 26.4. The SMILES string of the molecule is C[C@]12CC[C@@H]3c4ccc(O)cc4CC[C@H]3[C@@H]1CCC2O.Nc1ncnc2c1ncn2[C@@H]1O[C@H](CO)[C@@H](O)[C@H]1O. The van der Waals surface area contributed by atoms with Gasteiger partial charge in [-0.05, 0) is 85.0 Å². The van der Waals surface area contributed by atoms with Crippen molar-refractivity contribution in [2.24, 2.45) is 17.3 Å². The summed E-state index contributed by atoms with van der Waals surface area (Å²) in [4.78, 5) is 11.9. The zero-order valence-corrected chi connectivity index (χ0v) is 22.0. The molecule has 39 heavy (non-hydrogen) atoms. The second-order valence-electron chi connectivity index (χ2n) is 11.7. The number of hydrogen-bond acceptors (Lipinski definition) is 10. The lowest BCUT2D eigenvalue weighted by atomic mass is 9.55. The van der Waals surface area contributed by atoms with E-state index in [1.807, 2.05) is 12.1 Å². The van der Waals surface area contributed by atoms with Gasteiger partial charge in [0.25, 0.3) is 0 Å². The Hall–Kier alpha value is -2.83. The Morgan fingerprint density at radius 1 is 1.08 bits per heavy atom. The van der Waals surface area contributed by atoms with Gasteiger partial charge in [0, 0.05) is 0 Å². The second kappa shape index (κ2) is 9.97. The molecule has 3 fully saturated rings. The predicted octanol–water partition coefficient (Wildman–Crippen LogP) is 1.63. The molecule has 210 valence electrons. The normalized spacial score (nSPS) is 37.1. The molecule has 7 N–H and O–H groups in total. The van der Waals surface area contributed by atoms with Crippen molar-refractivity contribution in [2.75, 3.05) is 12.3 Å². The largest absolute Gasteiger partial charge is 0.508 e. The number of aromatic nitrogens is 4. The zero-order valence-electron chi connectivity index (χ0n) is 22.0. The third kappa shape index (κ3) is 4.27. The molecule has 7 rings (SSSR count). The van der Waals surface area contributed by atoms with Gasteiger partial charge < -0.3 is 36.0 Å². The van der Waals surface area contributed by atoms with E-state index in [4.69, 9.17) is 15.6 Å². The number of phenolic OH excluding ortho intramolecular Hbond substituents is 1. The van der Waals surface area contributed by atoms with Crippen LogP contribution in [0.5, 0.6) is 5.75 Å². The number of rotatable bonds is 2. The first-order valence-electron chi connectivity index (χ1n) is 13.8. The lowest BCUT2D eigenvalue weighted by Crippen LogP contribution is -2.43. The van der Waals surface area contributed by atoms with Crippen molar-refractivity contribution in [3.8, 4) is 5.75 Å². The van der Waals surface area contributed by atoms with Crippen LogP contribution in [0.25, 0.3) is 11.2 Å². The molecule has 2 aromatic heterocycles. The van der Waals surface area contributed by atoms with E-state index in [1.54, 1.807) is 0 Å². The van der Waals surface area contributed by atoms with Crippen molar-refractivity contribution in [1.82, 2.24) is 19.5 Å². The van der Waals surface area contributed by atoms with Crippen LogP contribution in [0.4, 0.5) is 5.82 Å². The van der Waals surface area contributed by atoms with Gasteiger partial charge >= 0.3 is 0 Å². The number of imidazole rings is 1. The molecule has 11 heteroatoms. The molecule has 1 aromatic carbocycles. The summed E-state index contributed by atoms with van der Waals surface area (Å²) in [7, 11) is 0. The lowest BCUT2D eigenvalue weighted by Gasteiger charge is -2.50. The van der Waals surface area contributed by atoms with Crippen molar-refractivity contribution in [3.63, 3.8) is 0 Å². The fraction of sp³-hybridized carbons (Fsp3) is 0.607. The maximum atomic E-state index is 10.4. The van der Waals surface area contributed by atoms with E-state index >= 15 is 0 Å². The molecule has 2 saturated carbocycles. The Labute approximate surface area is 226 Å². The van der Waals surface area contributed by atoms with Gasteiger partial charge in [0.05, 0.1) is 19.0 Å². The Morgan fingerprint density at radius 2 is 1.90 bits per heavy atom. The van der Waals surface area contributed by atoms with Crippen LogP contribution in [-0.4, -0.2) is 76.1 Å². The topological polar surface area (TPSA) is 180 Å². The summed E-state index contributed by atoms with van der Waals surface area (Å²) in [6.07, 6.45) is 5.36. The van der Waals surface area contributed by atoms with Crippen molar-refractivity contribution in [1.29, 1.82) is 0 Å². The number of aromatic hydroxyl groups is 1. The van der Waals surface area contributed by atoms with Gasteiger partial charge in [0.15, 0.2) is 17.7 Å². The van der Waals surface area contributed by atoms with Crippen LogP contribution in [0.15, 0.2) is 30.9 Å². The standard InChI is InChI=1S/C18H24O2.C10H13N5O4/c1-18-9-8-14-13-5-3-12(19)10-11(13)2-4-15(14)16(18)6-7-17(18)20;11-8-5-9(13-2-12-8)15(3-14-5)10-7(18)6(17)4(1-16)19-10/h3,5,10,14-17,19-20H,2,4,6-9H2,1H3;2-4,6-7,10,16-18H,1H2,(H2,11,12,13)/t14-,15-,16+,17?,18+;4-,6-,7-,10-/m11/s1. The van der Waals surface area contributed by atoms with Gasteiger partial charge in [-0.2, -0.15) is 0 Å². The van der Waals surface area contributed by atoms with Crippen LogP contribution in [0, 0.1) is 17.3 Å². The molecule has 0 radical (unpaired) electrons. The first-order valence-corrected chi connectivity index (χ1v) is 13.8. The highest BCUT2D eigenvalue weighted by molar-refractivity contribution is 5.81. The van der Waals surface area contributed by atoms with Gasteiger partial charge in [-0.1, -0.05) is 13.0 Å². The molecule has 3 aromatic rings. The maximum absolute atomic E-state index is 10.4. The number of nitrogens with zero attached hydrogens (tertiary/aromatic N) is 4. The molecule has 1 aliphatic heterocycles. The van der Waals surface area contributed by atoms with Crippen LogP contribution >= 0.6 is 0 Å². The van der Waals surface area contributed by atoms with Gasteiger partial charge in [-0.3, -0.25) is 4.57 Å². The third-order valence-electron chi connectivity index (χ3n) is 9.84. The zero-order chi connectivity index (χ0) is 27.5. The van der Waals surface area contributed by atoms with Gasteiger partial charge in [-0.15, -0.1) is 0 Å². The summed E-state index contributed by atoms with van der Waals surface area (Å²) in [6.45, 7) is 1.93. The smallest absolute Gasteiger partial charge is 0.167 e. The van der Waals surface area contributed by atoms with Crippen LogP contribution in [0.2, 0.25) is 0 Å². The number of fused-ring (bicyclic) bond motifs is 6. The molecule has 1 saturated heterocycles. The molecule has 3 heterocycles. The summed E-state index contributed by atoms with van der Waals surface area (Å²) < 4.78 is 6.85. The van der Waals surface area contributed by atoms with E-state index in [-0.39, 0.29) is 17.3 Å². The Kier molecular flexibility index (Phi) is 6.75. The predicted molar refractivity (Wildman–Crippen MR) is 141 cm³/mol. The molecule has 3 aliphatic carbocycles. The van der Waals surface area contributed by atoms with E-state index in [0.717, 1.165) is 25.2 Å².